The second-order valence-electron chi connectivity index (χ2n) is 15.6. The van der Waals surface area contributed by atoms with Crippen LogP contribution in [-0.4, -0.2) is 9.97 Å². The van der Waals surface area contributed by atoms with Gasteiger partial charge in [0.2, 0.25) is 0 Å². The lowest BCUT2D eigenvalue weighted by Gasteiger charge is -2.17. The number of allylic oxidation sites excluding steroid dienone is 4. The fourth-order valence-electron chi connectivity index (χ4n) is 9.38. The molecule has 0 spiro atoms. The van der Waals surface area contributed by atoms with Gasteiger partial charge in [-0.2, -0.15) is 0 Å². The third-order valence-corrected chi connectivity index (χ3v) is 13.5. The summed E-state index contributed by atoms with van der Waals surface area (Å²) in [6.45, 7) is 0. The van der Waals surface area contributed by atoms with Crippen molar-refractivity contribution < 1.29 is 0 Å². The molecule has 0 unspecified atom stereocenters. The van der Waals surface area contributed by atoms with Crippen LogP contribution >= 0.6 is 11.3 Å². The summed E-state index contributed by atoms with van der Waals surface area (Å²) in [7, 11) is 0. The van der Waals surface area contributed by atoms with E-state index in [1.165, 1.54) is 80.7 Å². The van der Waals surface area contributed by atoms with Gasteiger partial charge in [-0.05, 0) is 91.0 Å². The third-order valence-electron chi connectivity index (χ3n) is 12.3. The molecule has 1 aliphatic carbocycles. The fraction of sp³-hybridized carbons (Fsp3) is 0.0357. The zero-order valence-corrected chi connectivity index (χ0v) is 33.0. The summed E-state index contributed by atoms with van der Waals surface area (Å²) >= 11 is 1.91. The summed E-state index contributed by atoms with van der Waals surface area (Å²) in [6.07, 6.45) is 8.69. The van der Waals surface area contributed by atoms with E-state index in [-0.39, 0.29) is 0 Å². The molecule has 0 radical (unpaired) electrons. The highest BCUT2D eigenvalue weighted by Gasteiger charge is 2.17. The predicted octanol–water partition coefficient (Wildman–Crippen LogP) is 15.7. The molecule has 0 atom stereocenters. The maximum atomic E-state index is 5.28. The summed E-state index contributed by atoms with van der Waals surface area (Å²) in [4.78, 5) is 10.3. The van der Waals surface area contributed by atoms with Crippen LogP contribution in [-0.2, 0) is 0 Å². The normalized spacial score (nSPS) is 13.2. The Hall–Kier alpha value is -7.20. The Morgan fingerprint density at radius 1 is 0.373 bits per heavy atom. The largest absolute Gasteiger partial charge is 0.252 e. The lowest BCUT2D eigenvalue weighted by Crippen LogP contribution is -1.94. The van der Waals surface area contributed by atoms with Gasteiger partial charge in [0.05, 0.1) is 22.9 Å². The van der Waals surface area contributed by atoms with Gasteiger partial charge in [-0.15, -0.1) is 11.3 Å². The monoisotopic (exact) mass is 768 g/mol. The maximum Gasteiger partial charge on any atom is 0.0979 e. The van der Waals surface area contributed by atoms with E-state index in [0.717, 1.165) is 51.5 Å². The van der Waals surface area contributed by atoms with Gasteiger partial charge in [-0.1, -0.05) is 176 Å². The smallest absolute Gasteiger partial charge is 0.0979 e. The summed E-state index contributed by atoms with van der Waals surface area (Å²) in [5.74, 6) is 0. The van der Waals surface area contributed by atoms with Crippen LogP contribution in [0.25, 0.3) is 108 Å². The molecule has 1 aliphatic rings. The number of benzene rings is 9. The highest BCUT2D eigenvalue weighted by Crippen LogP contribution is 2.42. The minimum Gasteiger partial charge on any atom is -0.252 e. The molecule has 0 saturated carbocycles. The standard InChI is InChI=1S/C56H36N2S/c1-2-14-45-42(39-11-9-12-40(33-39)52-34-57-54-49-18-5-3-15-46(49)47-16-4-6-19-50(47)55(54)58-52)32-31-41(44(45)13-1)37-27-23-35(24-28-37)36-25-29-38(30-26-36)43-20-10-21-51-48-17-7-8-22-53(48)59-56(43)51/h1-25,27-29,31-34H,26,30H2. The van der Waals surface area contributed by atoms with Crippen molar-refractivity contribution >= 4 is 86.0 Å². The molecule has 12 rings (SSSR count). The summed E-state index contributed by atoms with van der Waals surface area (Å²) < 4.78 is 2.75. The van der Waals surface area contributed by atoms with Gasteiger partial charge < -0.3 is 0 Å². The SMILES string of the molecule is C1=C(c2ccc(-c3ccc(-c4cccc(-c5cnc6c7ccccc7c7ccccc7c6n5)c4)c4ccccc34)cc2)CCC(c2cccc3c2sc2ccccc23)=C1. The van der Waals surface area contributed by atoms with Crippen LogP contribution in [0.4, 0.5) is 0 Å². The highest BCUT2D eigenvalue weighted by molar-refractivity contribution is 7.26. The van der Waals surface area contributed by atoms with Crippen LogP contribution in [0.5, 0.6) is 0 Å². The number of nitrogens with zero attached hydrogens (tertiary/aromatic N) is 2. The molecular formula is C56H36N2S. The Morgan fingerprint density at radius 2 is 0.932 bits per heavy atom. The number of hydrogen-bond donors (Lipinski definition) is 0. The van der Waals surface area contributed by atoms with E-state index in [2.05, 4.69) is 188 Å². The van der Waals surface area contributed by atoms with Gasteiger partial charge in [0.15, 0.2) is 0 Å². The topological polar surface area (TPSA) is 25.8 Å². The molecule has 0 N–H and O–H groups in total. The van der Waals surface area contributed by atoms with E-state index in [1.54, 1.807) is 0 Å². The Kier molecular flexibility index (Phi) is 7.89. The van der Waals surface area contributed by atoms with Gasteiger partial charge in [0, 0.05) is 36.5 Å². The molecule has 0 fully saturated rings. The minimum atomic E-state index is 0.870. The molecule has 2 nitrogen and oxygen atoms in total. The molecule has 276 valence electrons. The van der Waals surface area contributed by atoms with Gasteiger partial charge in [-0.25, -0.2) is 4.98 Å². The van der Waals surface area contributed by atoms with Gasteiger partial charge >= 0.3 is 0 Å². The first-order valence-corrected chi connectivity index (χ1v) is 21.2. The molecule has 0 bridgehead atoms. The molecule has 2 aromatic heterocycles. The minimum absolute atomic E-state index is 0.870. The third kappa shape index (κ3) is 5.61. The summed E-state index contributed by atoms with van der Waals surface area (Å²) in [6, 6.07) is 63.9. The van der Waals surface area contributed by atoms with E-state index in [0.29, 0.717) is 0 Å². The van der Waals surface area contributed by atoms with Crippen molar-refractivity contribution in [3.8, 4) is 33.5 Å². The van der Waals surface area contributed by atoms with Crippen molar-refractivity contribution in [3.05, 3.63) is 205 Å². The van der Waals surface area contributed by atoms with Crippen molar-refractivity contribution in [3.63, 3.8) is 0 Å². The number of thiophene rings is 1. The lowest BCUT2D eigenvalue weighted by molar-refractivity contribution is 1.07. The number of rotatable bonds is 5. The fourth-order valence-corrected chi connectivity index (χ4v) is 10.6. The molecule has 11 aromatic rings. The first-order chi connectivity index (χ1) is 29.2. The molecule has 59 heavy (non-hydrogen) atoms. The molecule has 0 saturated heterocycles. The zero-order valence-electron chi connectivity index (χ0n) is 32.2. The molecule has 9 aromatic carbocycles. The Balaban J connectivity index is 0.865. The van der Waals surface area contributed by atoms with Crippen LogP contribution < -0.4 is 0 Å². The second-order valence-corrected chi connectivity index (χ2v) is 16.6. The number of fused-ring (bicyclic) bond motifs is 10. The number of aromatic nitrogens is 2. The van der Waals surface area contributed by atoms with Crippen LogP contribution in [0.15, 0.2) is 194 Å². The molecule has 3 heteroatoms. The molecular weight excluding hydrogens is 733 g/mol. The van der Waals surface area contributed by atoms with Crippen molar-refractivity contribution in [1.82, 2.24) is 9.97 Å². The van der Waals surface area contributed by atoms with Crippen LogP contribution in [0.1, 0.15) is 24.0 Å². The lowest BCUT2D eigenvalue weighted by atomic mass is 9.88. The highest BCUT2D eigenvalue weighted by atomic mass is 32.1. The van der Waals surface area contributed by atoms with E-state index in [4.69, 9.17) is 9.97 Å². The van der Waals surface area contributed by atoms with Crippen molar-refractivity contribution in [1.29, 1.82) is 0 Å². The average Bonchev–Trinajstić information content (AvgIpc) is 3.70. The Labute approximate surface area is 346 Å². The molecule has 0 aliphatic heterocycles. The van der Waals surface area contributed by atoms with Gasteiger partial charge in [0.1, 0.15) is 0 Å². The van der Waals surface area contributed by atoms with Crippen molar-refractivity contribution in [2.45, 2.75) is 12.8 Å². The maximum absolute atomic E-state index is 5.28. The molecule has 2 heterocycles. The van der Waals surface area contributed by atoms with E-state index in [9.17, 15) is 0 Å². The van der Waals surface area contributed by atoms with Crippen molar-refractivity contribution in [2.75, 3.05) is 0 Å². The van der Waals surface area contributed by atoms with Crippen molar-refractivity contribution in [2.24, 2.45) is 0 Å². The van der Waals surface area contributed by atoms with Crippen LogP contribution in [0.3, 0.4) is 0 Å². The molecule has 0 amide bonds. The van der Waals surface area contributed by atoms with Gasteiger partial charge in [-0.3, -0.25) is 4.98 Å². The van der Waals surface area contributed by atoms with E-state index in [1.807, 2.05) is 17.5 Å². The van der Waals surface area contributed by atoms with Gasteiger partial charge in [0.25, 0.3) is 0 Å². The van der Waals surface area contributed by atoms with E-state index < -0.39 is 0 Å². The average molecular weight is 769 g/mol. The van der Waals surface area contributed by atoms with Crippen LogP contribution in [0.2, 0.25) is 0 Å². The predicted molar refractivity (Wildman–Crippen MR) is 253 cm³/mol. The summed E-state index contributed by atoms with van der Waals surface area (Å²) in [5, 5.41) is 9.85. The second kappa shape index (κ2) is 13.7. The summed E-state index contributed by atoms with van der Waals surface area (Å²) in [5.41, 5.74) is 14.1. The number of hydrogen-bond acceptors (Lipinski definition) is 3. The quantitative estimate of drug-likeness (QED) is 0.163. The first-order valence-electron chi connectivity index (χ1n) is 20.4. The zero-order chi connectivity index (χ0) is 38.9. The van der Waals surface area contributed by atoms with E-state index >= 15 is 0 Å². The Morgan fingerprint density at radius 3 is 1.66 bits per heavy atom. The Bertz CT molecular complexity index is 3520. The van der Waals surface area contributed by atoms with Crippen LogP contribution in [0, 0.1) is 0 Å². The first kappa shape index (κ1) is 33.9.